The molecule has 2 aromatic rings. The van der Waals surface area contributed by atoms with Crippen LogP contribution in [0.4, 0.5) is 0 Å². The van der Waals surface area contributed by atoms with Crippen molar-refractivity contribution in [3.8, 4) is 0 Å². The first-order chi connectivity index (χ1) is 9.69. The summed E-state index contributed by atoms with van der Waals surface area (Å²) in [6, 6.07) is 2.11. The Balaban J connectivity index is 0.00000220. The lowest BCUT2D eigenvalue weighted by molar-refractivity contribution is 0.819. The molecule has 0 unspecified atom stereocenters. The fourth-order valence-electron chi connectivity index (χ4n) is 1.80. The van der Waals surface area contributed by atoms with E-state index in [0.29, 0.717) is 6.54 Å². The normalized spacial score (nSPS) is 11.1. The Kier molecular flexibility index (Phi) is 8.20. The maximum absolute atomic E-state index is 4.59. The van der Waals surface area contributed by atoms with E-state index in [1.807, 2.05) is 6.92 Å². The van der Waals surface area contributed by atoms with Gasteiger partial charge in [0.15, 0.2) is 5.96 Å². The molecular formula is C14H21IN4S2. The zero-order chi connectivity index (χ0) is 14.4. The quantitative estimate of drug-likeness (QED) is 0.427. The van der Waals surface area contributed by atoms with E-state index in [9.17, 15) is 0 Å². The summed E-state index contributed by atoms with van der Waals surface area (Å²) in [5.74, 6) is 0.851. The monoisotopic (exact) mass is 436 g/mol. The summed E-state index contributed by atoms with van der Waals surface area (Å²) in [5.41, 5.74) is 2.35. The number of nitrogens with zero attached hydrogens (tertiary/aromatic N) is 2. The highest BCUT2D eigenvalue weighted by atomic mass is 127. The maximum Gasteiger partial charge on any atom is 0.191 e. The maximum atomic E-state index is 4.59. The van der Waals surface area contributed by atoms with Gasteiger partial charge in [0.25, 0.3) is 0 Å². The molecule has 2 N–H and O–H groups in total. The number of hydrogen-bond donors (Lipinski definition) is 2. The fourth-order valence-corrected chi connectivity index (χ4v) is 3.33. The van der Waals surface area contributed by atoms with Crippen LogP contribution in [0.3, 0.4) is 0 Å². The van der Waals surface area contributed by atoms with Gasteiger partial charge >= 0.3 is 0 Å². The molecular weight excluding hydrogens is 415 g/mol. The molecule has 2 aromatic heterocycles. The average Bonchev–Trinajstić information content (AvgIpc) is 3.03. The van der Waals surface area contributed by atoms with Crippen molar-refractivity contribution in [2.24, 2.45) is 4.99 Å². The summed E-state index contributed by atoms with van der Waals surface area (Å²) in [7, 11) is 0. The second-order valence-electron chi connectivity index (χ2n) is 4.42. The topological polar surface area (TPSA) is 49.3 Å². The number of halogens is 1. The summed E-state index contributed by atoms with van der Waals surface area (Å²) in [6.45, 7) is 8.50. The van der Waals surface area contributed by atoms with E-state index in [-0.39, 0.29) is 24.0 Å². The molecule has 0 aliphatic heterocycles. The van der Waals surface area contributed by atoms with Gasteiger partial charge in [0, 0.05) is 11.4 Å². The summed E-state index contributed by atoms with van der Waals surface area (Å²) >= 11 is 3.44. The summed E-state index contributed by atoms with van der Waals surface area (Å²) in [6.07, 6.45) is 0. The molecule has 0 aromatic carbocycles. The van der Waals surface area contributed by atoms with Crippen LogP contribution < -0.4 is 10.6 Å². The minimum Gasteiger partial charge on any atom is -0.357 e. The summed E-state index contributed by atoms with van der Waals surface area (Å²) in [5, 5.41) is 12.0. The van der Waals surface area contributed by atoms with Crippen LogP contribution in [-0.4, -0.2) is 17.5 Å². The second-order valence-corrected chi connectivity index (χ2v) is 6.49. The Morgan fingerprint density at radius 2 is 2.14 bits per heavy atom. The average molecular weight is 436 g/mol. The molecule has 0 saturated carbocycles. The Morgan fingerprint density at radius 3 is 2.71 bits per heavy atom. The number of aliphatic imine (C=N–C) groups is 1. The number of thiophene rings is 1. The number of rotatable bonds is 5. The molecule has 4 nitrogen and oxygen atoms in total. The van der Waals surface area contributed by atoms with Gasteiger partial charge in [-0.1, -0.05) is 0 Å². The highest BCUT2D eigenvalue weighted by Gasteiger charge is 2.05. The van der Waals surface area contributed by atoms with Gasteiger partial charge in [-0.3, -0.25) is 0 Å². The van der Waals surface area contributed by atoms with E-state index < -0.39 is 0 Å². The predicted molar refractivity (Wildman–Crippen MR) is 103 cm³/mol. The molecule has 116 valence electrons. The van der Waals surface area contributed by atoms with Crippen LogP contribution >= 0.6 is 46.7 Å². The Hall–Kier alpha value is -0.670. The van der Waals surface area contributed by atoms with Crippen molar-refractivity contribution < 1.29 is 0 Å². The number of aromatic nitrogens is 1. The van der Waals surface area contributed by atoms with E-state index in [1.165, 1.54) is 10.4 Å². The van der Waals surface area contributed by atoms with Gasteiger partial charge in [0.1, 0.15) is 0 Å². The third-order valence-electron chi connectivity index (χ3n) is 2.76. The molecule has 0 spiro atoms. The Labute approximate surface area is 151 Å². The van der Waals surface area contributed by atoms with Gasteiger partial charge in [0.2, 0.25) is 0 Å². The van der Waals surface area contributed by atoms with Gasteiger partial charge in [-0.15, -0.1) is 35.3 Å². The van der Waals surface area contributed by atoms with Crippen molar-refractivity contribution >= 4 is 52.6 Å². The third-order valence-corrected chi connectivity index (χ3v) is 4.56. The van der Waals surface area contributed by atoms with E-state index in [1.54, 1.807) is 22.7 Å². The molecule has 0 fully saturated rings. The van der Waals surface area contributed by atoms with Crippen LogP contribution in [0.25, 0.3) is 0 Å². The van der Waals surface area contributed by atoms with Gasteiger partial charge in [-0.05, 0) is 43.2 Å². The molecule has 0 atom stereocenters. The van der Waals surface area contributed by atoms with Crippen molar-refractivity contribution in [1.29, 1.82) is 0 Å². The van der Waals surface area contributed by atoms with E-state index in [4.69, 9.17) is 0 Å². The number of nitrogens with one attached hydrogen (secondary N) is 2. The van der Waals surface area contributed by atoms with E-state index in [0.717, 1.165) is 29.8 Å². The number of hydrogen-bond acceptors (Lipinski definition) is 4. The molecule has 2 rings (SSSR count). The van der Waals surface area contributed by atoms with Crippen molar-refractivity contribution in [1.82, 2.24) is 15.6 Å². The number of aryl methyl sites for hydroxylation is 2. The lowest BCUT2D eigenvalue weighted by Crippen LogP contribution is -2.36. The van der Waals surface area contributed by atoms with Crippen molar-refractivity contribution in [3.05, 3.63) is 38.0 Å². The lowest BCUT2D eigenvalue weighted by Gasteiger charge is -2.10. The van der Waals surface area contributed by atoms with Gasteiger partial charge in [-0.25, -0.2) is 9.98 Å². The van der Waals surface area contributed by atoms with Gasteiger partial charge in [0.05, 0.1) is 23.8 Å². The van der Waals surface area contributed by atoms with Crippen LogP contribution in [0.5, 0.6) is 0 Å². The predicted octanol–water partition coefficient (Wildman–Crippen LogP) is 3.69. The van der Waals surface area contributed by atoms with E-state index >= 15 is 0 Å². The van der Waals surface area contributed by atoms with Crippen molar-refractivity contribution in [2.45, 2.75) is 33.9 Å². The van der Waals surface area contributed by atoms with Crippen LogP contribution in [0.15, 0.2) is 21.8 Å². The largest absolute Gasteiger partial charge is 0.357 e. The molecule has 7 heteroatoms. The zero-order valence-electron chi connectivity index (χ0n) is 12.5. The minimum atomic E-state index is 0. The molecule has 0 radical (unpaired) electrons. The van der Waals surface area contributed by atoms with Crippen molar-refractivity contribution in [3.63, 3.8) is 0 Å². The summed E-state index contributed by atoms with van der Waals surface area (Å²) < 4.78 is 0. The Morgan fingerprint density at radius 1 is 1.33 bits per heavy atom. The first-order valence-electron chi connectivity index (χ1n) is 6.65. The zero-order valence-corrected chi connectivity index (χ0v) is 16.4. The molecule has 0 aliphatic rings. The first kappa shape index (κ1) is 18.4. The highest BCUT2D eigenvalue weighted by molar-refractivity contribution is 14.0. The summed E-state index contributed by atoms with van der Waals surface area (Å²) in [4.78, 5) is 10.3. The third kappa shape index (κ3) is 5.91. The Bertz CT molecular complexity index is 564. The molecule has 0 aliphatic carbocycles. The fraction of sp³-hybridized carbons (Fsp3) is 0.429. The number of guanidine groups is 1. The highest BCUT2D eigenvalue weighted by Crippen LogP contribution is 2.16. The van der Waals surface area contributed by atoms with Gasteiger partial charge < -0.3 is 10.6 Å². The smallest absolute Gasteiger partial charge is 0.191 e. The molecule has 2 heterocycles. The van der Waals surface area contributed by atoms with Crippen LogP contribution in [-0.2, 0) is 13.1 Å². The first-order valence-corrected chi connectivity index (χ1v) is 8.41. The molecule has 21 heavy (non-hydrogen) atoms. The molecule has 0 bridgehead atoms. The minimum absolute atomic E-state index is 0. The van der Waals surface area contributed by atoms with Crippen LogP contribution in [0, 0.1) is 13.8 Å². The van der Waals surface area contributed by atoms with Crippen molar-refractivity contribution in [2.75, 3.05) is 6.54 Å². The second kappa shape index (κ2) is 9.37. The van der Waals surface area contributed by atoms with E-state index in [2.05, 4.69) is 51.3 Å². The SMILES string of the molecule is CCNC(=NCc1ccsc1)NCc1sc(C)nc1C.I. The van der Waals surface area contributed by atoms with Gasteiger partial charge in [-0.2, -0.15) is 11.3 Å². The molecule has 0 saturated heterocycles. The standard InChI is InChI=1S/C14H20N4S2.HI/c1-4-15-14(16-7-12-5-6-19-9-12)17-8-13-10(2)18-11(3)20-13;/h5-6,9H,4,7-8H2,1-3H3,(H2,15,16,17);1H. The van der Waals surface area contributed by atoms with Crippen LogP contribution in [0.1, 0.15) is 28.1 Å². The lowest BCUT2D eigenvalue weighted by atomic mass is 10.3. The van der Waals surface area contributed by atoms with Crippen LogP contribution in [0.2, 0.25) is 0 Å². The molecule has 0 amide bonds. The number of thiazole rings is 1.